The highest BCUT2D eigenvalue weighted by atomic mass is 16.5. The Balaban J connectivity index is 1.57. The van der Waals surface area contributed by atoms with Gasteiger partial charge in [-0.3, -0.25) is 4.79 Å². The first-order chi connectivity index (χ1) is 14.9. The van der Waals surface area contributed by atoms with E-state index in [0.717, 1.165) is 33.9 Å². The Morgan fingerprint density at radius 2 is 1.84 bits per heavy atom. The maximum Gasteiger partial charge on any atom is 0.248 e. The molecule has 2 aliphatic rings. The lowest BCUT2D eigenvalue weighted by atomic mass is 9.65. The zero-order valence-electron chi connectivity index (χ0n) is 17.9. The van der Waals surface area contributed by atoms with Gasteiger partial charge in [-0.2, -0.15) is 0 Å². The lowest BCUT2D eigenvalue weighted by Crippen LogP contribution is -2.46. The molecule has 2 heterocycles. The monoisotopic (exact) mass is 414 g/mol. The number of hydrogen-bond donors (Lipinski definition) is 2. The van der Waals surface area contributed by atoms with Crippen molar-refractivity contribution in [2.75, 3.05) is 19.0 Å². The Hall–Kier alpha value is -3.47. The molecule has 3 aromatic rings. The summed E-state index contributed by atoms with van der Waals surface area (Å²) < 4.78 is 11.8. The predicted octanol–water partition coefficient (Wildman–Crippen LogP) is 4.91. The van der Waals surface area contributed by atoms with E-state index >= 15 is 0 Å². The number of fused-ring (bicyclic) bond motifs is 4. The van der Waals surface area contributed by atoms with Crippen LogP contribution >= 0.6 is 0 Å². The molecule has 0 saturated heterocycles. The molecule has 5 nitrogen and oxygen atoms in total. The van der Waals surface area contributed by atoms with Gasteiger partial charge in [-0.15, -0.1) is 0 Å². The summed E-state index contributed by atoms with van der Waals surface area (Å²) in [6, 6.07) is 20.0. The molecule has 2 aliphatic heterocycles. The highest BCUT2D eigenvalue weighted by Crippen LogP contribution is 2.54. The number of rotatable bonds is 3. The van der Waals surface area contributed by atoms with Gasteiger partial charge >= 0.3 is 0 Å². The number of hydrogen-bond acceptors (Lipinski definition) is 4. The van der Waals surface area contributed by atoms with Crippen LogP contribution in [0.4, 0.5) is 5.69 Å². The first-order valence-corrected chi connectivity index (χ1v) is 10.5. The number of primary amides is 1. The molecule has 2 atom stereocenters. The van der Waals surface area contributed by atoms with Gasteiger partial charge in [0.15, 0.2) is 0 Å². The van der Waals surface area contributed by atoms with Crippen LogP contribution in [0.1, 0.15) is 41.4 Å². The number of nitrogens with one attached hydrogen (secondary N) is 1. The number of benzene rings is 3. The quantitative estimate of drug-likeness (QED) is 0.638. The van der Waals surface area contributed by atoms with Gasteiger partial charge in [-0.1, -0.05) is 38.1 Å². The average Bonchev–Trinajstić information content (AvgIpc) is 2.78. The number of ether oxygens (including phenoxy) is 2. The molecule has 0 saturated carbocycles. The van der Waals surface area contributed by atoms with Gasteiger partial charge in [0.2, 0.25) is 5.91 Å². The van der Waals surface area contributed by atoms with Gasteiger partial charge in [0.25, 0.3) is 0 Å². The van der Waals surface area contributed by atoms with Crippen molar-refractivity contribution in [3.05, 3.63) is 77.4 Å². The first-order valence-electron chi connectivity index (χ1n) is 10.5. The van der Waals surface area contributed by atoms with Crippen molar-refractivity contribution in [2.24, 2.45) is 11.7 Å². The zero-order chi connectivity index (χ0) is 21.8. The molecule has 0 aliphatic carbocycles. The first kappa shape index (κ1) is 19.5. The van der Waals surface area contributed by atoms with Crippen LogP contribution in [0.5, 0.6) is 11.5 Å². The summed E-state index contributed by atoms with van der Waals surface area (Å²) in [4.78, 5) is 11.4. The number of anilines is 1. The van der Waals surface area contributed by atoms with E-state index in [4.69, 9.17) is 15.2 Å². The van der Waals surface area contributed by atoms with Crippen LogP contribution in [0.15, 0.2) is 60.7 Å². The van der Waals surface area contributed by atoms with Crippen LogP contribution in [-0.2, 0) is 5.41 Å². The minimum Gasteiger partial charge on any atom is -0.496 e. The molecule has 158 valence electrons. The molecule has 1 amide bonds. The lowest BCUT2D eigenvalue weighted by Gasteiger charge is -2.48. The van der Waals surface area contributed by atoms with Crippen molar-refractivity contribution in [1.29, 1.82) is 0 Å². The SMILES string of the molecule is COc1cccc2c1[C@H]1Nc3ccc(-c4ccc(C(N)=O)cc4)cc3C(C)(C)[C@H]1CO2. The highest BCUT2D eigenvalue weighted by molar-refractivity contribution is 5.93. The van der Waals surface area contributed by atoms with Crippen molar-refractivity contribution in [3.8, 4) is 22.6 Å². The van der Waals surface area contributed by atoms with Gasteiger partial charge in [0.1, 0.15) is 11.5 Å². The van der Waals surface area contributed by atoms with E-state index in [-0.39, 0.29) is 17.4 Å². The predicted molar refractivity (Wildman–Crippen MR) is 122 cm³/mol. The smallest absolute Gasteiger partial charge is 0.248 e. The summed E-state index contributed by atoms with van der Waals surface area (Å²) >= 11 is 0. The maximum atomic E-state index is 11.4. The van der Waals surface area contributed by atoms with Crippen LogP contribution in [0, 0.1) is 5.92 Å². The van der Waals surface area contributed by atoms with E-state index in [2.05, 4.69) is 37.4 Å². The molecule has 5 heteroatoms. The van der Waals surface area contributed by atoms with E-state index in [1.54, 1.807) is 19.2 Å². The van der Waals surface area contributed by atoms with Gasteiger partial charge in [-0.05, 0) is 53.1 Å². The van der Waals surface area contributed by atoms with Crippen molar-refractivity contribution < 1.29 is 14.3 Å². The van der Waals surface area contributed by atoms with E-state index in [1.807, 2.05) is 30.3 Å². The van der Waals surface area contributed by atoms with Crippen LogP contribution in [-0.4, -0.2) is 19.6 Å². The number of methoxy groups -OCH3 is 1. The maximum absolute atomic E-state index is 11.4. The van der Waals surface area contributed by atoms with Gasteiger partial charge in [-0.25, -0.2) is 0 Å². The number of amides is 1. The van der Waals surface area contributed by atoms with E-state index in [9.17, 15) is 4.79 Å². The molecule has 0 bridgehead atoms. The largest absolute Gasteiger partial charge is 0.496 e. The lowest BCUT2D eigenvalue weighted by molar-refractivity contribution is 0.100. The fourth-order valence-corrected chi connectivity index (χ4v) is 4.99. The minimum atomic E-state index is -0.415. The molecule has 0 unspecified atom stereocenters. The summed E-state index contributed by atoms with van der Waals surface area (Å²) in [5.41, 5.74) is 11.4. The van der Waals surface area contributed by atoms with Gasteiger partial charge in [0.05, 0.1) is 25.3 Å². The molecule has 5 rings (SSSR count). The molecular weight excluding hydrogens is 388 g/mol. The number of carbonyl (C=O) groups is 1. The van der Waals surface area contributed by atoms with Gasteiger partial charge in [0, 0.05) is 22.6 Å². The van der Waals surface area contributed by atoms with Crippen LogP contribution in [0.2, 0.25) is 0 Å². The fourth-order valence-electron chi connectivity index (χ4n) is 4.99. The minimum absolute atomic E-state index is 0.114. The van der Waals surface area contributed by atoms with Crippen molar-refractivity contribution in [3.63, 3.8) is 0 Å². The highest BCUT2D eigenvalue weighted by Gasteiger charge is 2.47. The van der Waals surface area contributed by atoms with E-state index in [1.165, 1.54) is 5.56 Å². The zero-order valence-corrected chi connectivity index (χ0v) is 17.9. The standard InChI is InChI=1S/C26H26N2O3/c1-26(2)18-13-17(15-7-9-16(10-8-15)25(27)29)11-12-20(18)28-24-19(26)14-31-22-6-4-5-21(30-3)23(22)24/h4-13,19,24,28H,14H2,1-3H3,(H2,27,29)/t19-,24-/m0/s1. The second-order valence-electron chi connectivity index (χ2n) is 8.84. The molecule has 3 N–H and O–H groups in total. The number of nitrogens with two attached hydrogens (primary N) is 1. The second kappa shape index (κ2) is 7.05. The topological polar surface area (TPSA) is 73.6 Å². The van der Waals surface area contributed by atoms with E-state index in [0.29, 0.717) is 12.2 Å². The van der Waals surface area contributed by atoms with Crippen molar-refractivity contribution in [2.45, 2.75) is 25.3 Å². The summed E-state index contributed by atoms with van der Waals surface area (Å²) in [6.07, 6.45) is 0. The third-order valence-electron chi connectivity index (χ3n) is 6.83. The van der Waals surface area contributed by atoms with Crippen molar-refractivity contribution in [1.82, 2.24) is 0 Å². The molecule has 0 aromatic heterocycles. The molecular formula is C26H26N2O3. The molecule has 0 fully saturated rings. The normalized spacial score (nSPS) is 20.4. The number of carbonyl (C=O) groups excluding carboxylic acids is 1. The Morgan fingerprint density at radius 1 is 1.10 bits per heavy atom. The summed E-state index contributed by atoms with van der Waals surface area (Å²) in [7, 11) is 1.71. The third kappa shape index (κ3) is 3.03. The van der Waals surface area contributed by atoms with Crippen LogP contribution < -0.4 is 20.5 Å². The van der Waals surface area contributed by atoms with Gasteiger partial charge < -0.3 is 20.5 Å². The molecule has 3 aromatic carbocycles. The van der Waals surface area contributed by atoms with Crippen molar-refractivity contribution >= 4 is 11.6 Å². The Morgan fingerprint density at radius 3 is 2.55 bits per heavy atom. The molecule has 0 radical (unpaired) electrons. The molecule has 31 heavy (non-hydrogen) atoms. The summed E-state index contributed by atoms with van der Waals surface area (Å²) in [5, 5.41) is 3.77. The van der Waals surface area contributed by atoms with E-state index < -0.39 is 5.91 Å². The van der Waals surface area contributed by atoms with Crippen LogP contribution in [0.25, 0.3) is 11.1 Å². The fraction of sp³-hybridized carbons (Fsp3) is 0.269. The molecule has 0 spiro atoms. The summed E-state index contributed by atoms with van der Waals surface area (Å²) in [6.45, 7) is 5.21. The summed E-state index contributed by atoms with van der Waals surface area (Å²) in [5.74, 6) is 1.57. The Labute approximate surface area is 182 Å². The van der Waals surface area contributed by atoms with Crippen LogP contribution in [0.3, 0.4) is 0 Å². The average molecular weight is 415 g/mol. The Kier molecular flexibility index (Phi) is 4.43. The third-order valence-corrected chi connectivity index (χ3v) is 6.83. The Bertz CT molecular complexity index is 1150. The second-order valence-corrected chi connectivity index (χ2v) is 8.84.